The van der Waals surface area contributed by atoms with Crippen LogP contribution < -0.4 is 4.72 Å². The van der Waals surface area contributed by atoms with E-state index in [1.54, 1.807) is 0 Å². The fourth-order valence-corrected chi connectivity index (χ4v) is 2.74. The lowest BCUT2D eigenvalue weighted by Crippen LogP contribution is -2.40. The van der Waals surface area contributed by atoms with Crippen LogP contribution >= 0.6 is 0 Å². The minimum absolute atomic E-state index is 0.188. The first kappa shape index (κ1) is 14.5. The van der Waals surface area contributed by atoms with Crippen LogP contribution in [0.5, 0.6) is 0 Å². The molecule has 0 radical (unpaired) electrons. The quantitative estimate of drug-likeness (QED) is 0.800. The summed E-state index contributed by atoms with van der Waals surface area (Å²) < 4.78 is 30.1. The van der Waals surface area contributed by atoms with Gasteiger partial charge in [0.1, 0.15) is 6.04 Å². The third-order valence-electron chi connectivity index (χ3n) is 3.12. The van der Waals surface area contributed by atoms with Crippen LogP contribution in [-0.2, 0) is 14.8 Å². The van der Waals surface area contributed by atoms with Gasteiger partial charge in [-0.05, 0) is 32.0 Å². The molecule has 0 spiro atoms. The monoisotopic (exact) mass is 302 g/mol. The summed E-state index contributed by atoms with van der Waals surface area (Å²) >= 11 is 0. The van der Waals surface area contributed by atoms with Crippen LogP contribution in [0.25, 0.3) is 0 Å². The number of aliphatic carboxylic acids is 1. The minimum Gasteiger partial charge on any atom is -0.480 e. The van der Waals surface area contributed by atoms with Gasteiger partial charge in [0.05, 0.1) is 0 Å². The second-order valence-electron chi connectivity index (χ2n) is 4.32. The second kappa shape index (κ2) is 5.25. The number of sulfonamides is 1. The Balaban J connectivity index is 2.24. The first-order valence-corrected chi connectivity index (χ1v) is 7.42. The smallest absolute Gasteiger partial charge is 0.326 e. The van der Waals surface area contributed by atoms with Crippen molar-refractivity contribution >= 4 is 21.9 Å². The molecule has 1 atom stereocenters. The third-order valence-corrected chi connectivity index (χ3v) is 4.41. The molecule has 20 heavy (non-hydrogen) atoms. The molecule has 1 saturated heterocycles. The fraction of sp³-hybridized carbons (Fsp3) is 0.455. The van der Waals surface area contributed by atoms with Gasteiger partial charge in [0.15, 0.2) is 5.76 Å². The van der Waals surface area contributed by atoms with E-state index >= 15 is 0 Å². The molecule has 8 nitrogen and oxygen atoms in total. The van der Waals surface area contributed by atoms with Gasteiger partial charge in [-0.25, -0.2) is 17.9 Å². The molecule has 0 bridgehead atoms. The number of likely N-dealkylation sites (tertiary alicyclic amines) is 1. The second-order valence-corrected chi connectivity index (χ2v) is 6.14. The lowest BCUT2D eigenvalue weighted by atomic mass is 10.2. The summed E-state index contributed by atoms with van der Waals surface area (Å²) in [5, 5.41) is 8.64. The topological polar surface area (TPSA) is 117 Å². The zero-order chi connectivity index (χ0) is 14.9. The highest BCUT2D eigenvalue weighted by atomic mass is 32.2. The molecular weight excluding hydrogens is 288 g/mol. The molecule has 0 saturated carbocycles. The molecule has 9 heteroatoms. The summed E-state index contributed by atoms with van der Waals surface area (Å²) in [5.41, 5.74) is 0. The Kier molecular flexibility index (Phi) is 3.82. The molecule has 1 aromatic heterocycles. The van der Waals surface area contributed by atoms with Gasteiger partial charge in [0.25, 0.3) is 15.9 Å². The summed E-state index contributed by atoms with van der Waals surface area (Å²) in [4.78, 5) is 24.3. The van der Waals surface area contributed by atoms with Crippen molar-refractivity contribution in [2.24, 2.45) is 0 Å². The van der Waals surface area contributed by atoms with Crippen LogP contribution in [0.2, 0.25) is 0 Å². The lowest BCUT2D eigenvalue weighted by Gasteiger charge is -2.19. The average Bonchev–Trinajstić information content (AvgIpc) is 3.07. The van der Waals surface area contributed by atoms with E-state index in [0.29, 0.717) is 19.4 Å². The Morgan fingerprint density at radius 1 is 1.45 bits per heavy atom. The number of furan rings is 1. The highest BCUT2D eigenvalue weighted by Crippen LogP contribution is 2.22. The summed E-state index contributed by atoms with van der Waals surface area (Å²) in [7, 11) is -2.55. The van der Waals surface area contributed by atoms with Crippen molar-refractivity contribution in [3.63, 3.8) is 0 Å². The van der Waals surface area contributed by atoms with Gasteiger partial charge in [-0.15, -0.1) is 0 Å². The summed E-state index contributed by atoms with van der Waals surface area (Å²) in [6.07, 6.45) is 0.967. The molecular formula is C11H14N2O6S. The van der Waals surface area contributed by atoms with E-state index in [-0.39, 0.29) is 10.9 Å². The van der Waals surface area contributed by atoms with Crippen LogP contribution in [0.15, 0.2) is 21.6 Å². The summed E-state index contributed by atoms with van der Waals surface area (Å²) in [5.74, 6) is -1.88. The van der Waals surface area contributed by atoms with Gasteiger partial charge >= 0.3 is 5.97 Å². The molecule has 1 aliphatic rings. The van der Waals surface area contributed by atoms with Crippen molar-refractivity contribution in [2.75, 3.05) is 13.6 Å². The maximum atomic E-state index is 12.1. The number of rotatable bonds is 4. The van der Waals surface area contributed by atoms with Gasteiger partial charge < -0.3 is 14.4 Å². The summed E-state index contributed by atoms with van der Waals surface area (Å²) in [6.45, 7) is 0.310. The Bertz CT molecular complexity index is 635. The van der Waals surface area contributed by atoms with Crippen LogP contribution in [0.3, 0.4) is 0 Å². The normalized spacial score (nSPS) is 19.2. The average molecular weight is 302 g/mol. The molecule has 0 unspecified atom stereocenters. The number of hydrogen-bond donors (Lipinski definition) is 2. The zero-order valence-electron chi connectivity index (χ0n) is 10.7. The van der Waals surface area contributed by atoms with Gasteiger partial charge in [-0.2, -0.15) is 0 Å². The van der Waals surface area contributed by atoms with Gasteiger partial charge in [-0.3, -0.25) is 4.79 Å². The molecule has 110 valence electrons. The number of carboxylic acid groups (broad SMARTS) is 1. The van der Waals surface area contributed by atoms with Crippen molar-refractivity contribution < 1.29 is 27.5 Å². The third kappa shape index (κ3) is 2.54. The number of hydrogen-bond acceptors (Lipinski definition) is 5. The maximum absolute atomic E-state index is 12.1. The minimum atomic E-state index is -3.77. The van der Waals surface area contributed by atoms with E-state index < -0.39 is 27.9 Å². The van der Waals surface area contributed by atoms with Crippen LogP contribution in [0.1, 0.15) is 23.4 Å². The molecule has 2 N–H and O–H groups in total. The predicted molar refractivity (Wildman–Crippen MR) is 66.6 cm³/mol. The molecule has 1 aromatic rings. The van der Waals surface area contributed by atoms with Gasteiger partial charge in [0, 0.05) is 6.54 Å². The van der Waals surface area contributed by atoms with E-state index in [9.17, 15) is 18.0 Å². The number of nitrogens with one attached hydrogen (secondary N) is 1. The van der Waals surface area contributed by atoms with Crippen molar-refractivity contribution in [3.05, 3.63) is 17.9 Å². The van der Waals surface area contributed by atoms with E-state index in [4.69, 9.17) is 9.52 Å². The molecule has 0 aliphatic carbocycles. The fourth-order valence-electron chi connectivity index (χ4n) is 2.09. The van der Waals surface area contributed by atoms with Gasteiger partial charge in [0.2, 0.25) is 5.09 Å². The maximum Gasteiger partial charge on any atom is 0.326 e. The Hall–Kier alpha value is -1.87. The number of carboxylic acids is 1. The molecule has 1 amide bonds. The number of nitrogens with zero attached hydrogens (tertiary/aromatic N) is 1. The number of carbonyl (C=O) groups excluding carboxylic acids is 1. The van der Waals surface area contributed by atoms with Crippen LogP contribution in [-0.4, -0.2) is 49.9 Å². The largest absolute Gasteiger partial charge is 0.480 e. The SMILES string of the molecule is CNS(=O)(=O)c1ccc(C(=O)N2CCC[C@@H]2C(=O)O)o1. The first-order chi connectivity index (χ1) is 9.36. The van der Waals surface area contributed by atoms with Crippen LogP contribution in [0, 0.1) is 0 Å². The van der Waals surface area contributed by atoms with E-state index in [0.717, 1.165) is 6.07 Å². The van der Waals surface area contributed by atoms with Crippen molar-refractivity contribution in [3.8, 4) is 0 Å². The zero-order valence-corrected chi connectivity index (χ0v) is 11.5. The molecule has 0 aromatic carbocycles. The lowest BCUT2D eigenvalue weighted by molar-refractivity contribution is -0.141. The summed E-state index contributed by atoms with van der Waals surface area (Å²) in [6, 6.07) is 1.49. The predicted octanol–water partition coefficient (Wildman–Crippen LogP) is -0.123. The Morgan fingerprint density at radius 3 is 2.75 bits per heavy atom. The van der Waals surface area contributed by atoms with E-state index in [2.05, 4.69) is 4.72 Å². The van der Waals surface area contributed by atoms with E-state index in [1.807, 2.05) is 0 Å². The van der Waals surface area contributed by atoms with Crippen LogP contribution in [0.4, 0.5) is 0 Å². The number of carbonyl (C=O) groups is 2. The highest BCUT2D eigenvalue weighted by molar-refractivity contribution is 7.89. The molecule has 1 aliphatic heterocycles. The molecule has 2 rings (SSSR count). The molecule has 1 fully saturated rings. The van der Waals surface area contributed by atoms with Crippen molar-refractivity contribution in [1.29, 1.82) is 0 Å². The van der Waals surface area contributed by atoms with Crippen molar-refractivity contribution in [1.82, 2.24) is 9.62 Å². The number of amides is 1. The highest BCUT2D eigenvalue weighted by Gasteiger charge is 2.36. The van der Waals surface area contributed by atoms with E-state index in [1.165, 1.54) is 18.0 Å². The Morgan fingerprint density at radius 2 is 2.15 bits per heavy atom. The standard InChI is InChI=1S/C11H14N2O6S/c1-12-20(17,18)9-5-4-8(19-9)10(14)13-6-2-3-7(13)11(15)16/h4-5,7,12H,2-3,6H2,1H3,(H,15,16)/t7-/m1/s1. The van der Waals surface area contributed by atoms with Crippen molar-refractivity contribution in [2.45, 2.75) is 24.0 Å². The Labute approximate surface area is 115 Å². The molecule has 2 heterocycles. The first-order valence-electron chi connectivity index (χ1n) is 5.94. The van der Waals surface area contributed by atoms with Gasteiger partial charge in [-0.1, -0.05) is 0 Å².